The van der Waals surface area contributed by atoms with E-state index in [1.807, 2.05) is 6.07 Å². The average molecular weight is 353 g/mol. The van der Waals surface area contributed by atoms with Crippen LogP contribution >= 0.6 is 11.6 Å². The second kappa shape index (κ2) is 6.98. The third-order valence-corrected chi connectivity index (χ3v) is 5.11. The molecule has 4 nitrogen and oxygen atoms in total. The number of rotatable bonds is 4. The van der Waals surface area contributed by atoms with Crippen molar-refractivity contribution in [1.82, 2.24) is 15.3 Å². The van der Waals surface area contributed by atoms with Gasteiger partial charge < -0.3 is 10.2 Å². The fourth-order valence-electron chi connectivity index (χ4n) is 3.67. The van der Waals surface area contributed by atoms with Crippen molar-refractivity contribution in [3.8, 4) is 0 Å². The fraction of sp³-hybridized carbons (Fsp3) is 0.300. The number of benzene rings is 2. The molecule has 1 saturated heterocycles. The van der Waals surface area contributed by atoms with Gasteiger partial charge in [-0.3, -0.25) is 0 Å². The highest BCUT2D eigenvalue weighted by atomic mass is 35.5. The highest BCUT2D eigenvalue weighted by Gasteiger charge is 2.25. The third kappa shape index (κ3) is 3.46. The molecule has 0 aliphatic carbocycles. The van der Waals surface area contributed by atoms with Gasteiger partial charge in [-0.05, 0) is 29.7 Å². The predicted molar refractivity (Wildman–Crippen MR) is 103 cm³/mol. The van der Waals surface area contributed by atoms with E-state index in [2.05, 4.69) is 69.6 Å². The van der Waals surface area contributed by atoms with Crippen LogP contribution in [0.3, 0.4) is 0 Å². The Bertz CT molecular complexity index is 877. The number of fused-ring (bicyclic) bond motifs is 1. The molecule has 0 unspecified atom stereocenters. The second-order valence-corrected chi connectivity index (χ2v) is 6.97. The summed E-state index contributed by atoms with van der Waals surface area (Å²) in [6.07, 6.45) is 2.62. The quantitative estimate of drug-likeness (QED) is 0.714. The maximum Gasteiger partial charge on any atom is 0.134 e. The number of anilines is 1. The smallest absolute Gasteiger partial charge is 0.134 e. The maximum atomic E-state index is 5.99. The molecular weight excluding hydrogens is 332 g/mol. The highest BCUT2D eigenvalue weighted by molar-refractivity contribution is 6.29. The molecule has 0 saturated carbocycles. The van der Waals surface area contributed by atoms with Crippen LogP contribution in [0, 0.1) is 0 Å². The molecule has 25 heavy (non-hydrogen) atoms. The summed E-state index contributed by atoms with van der Waals surface area (Å²) in [5.41, 5.74) is 1.35. The van der Waals surface area contributed by atoms with Gasteiger partial charge in [0.05, 0.1) is 0 Å². The molecular formula is C20H21ClN4. The molecule has 5 heteroatoms. The summed E-state index contributed by atoms with van der Waals surface area (Å²) in [6.45, 7) is 4.15. The Kier molecular flexibility index (Phi) is 4.55. The van der Waals surface area contributed by atoms with Crippen molar-refractivity contribution < 1.29 is 0 Å². The van der Waals surface area contributed by atoms with Crippen LogP contribution in [0.1, 0.15) is 24.9 Å². The van der Waals surface area contributed by atoms with Crippen LogP contribution in [-0.4, -0.2) is 29.1 Å². The normalized spacial score (nSPS) is 18.6. The lowest BCUT2D eigenvalue weighted by Gasteiger charge is -2.22. The van der Waals surface area contributed by atoms with Crippen LogP contribution in [0.4, 0.5) is 5.82 Å². The predicted octanol–water partition coefficient (Wildman–Crippen LogP) is 4.21. The summed E-state index contributed by atoms with van der Waals surface area (Å²) in [5, 5.41) is 6.89. The number of hydrogen-bond acceptors (Lipinski definition) is 4. The van der Waals surface area contributed by atoms with E-state index < -0.39 is 0 Å². The van der Waals surface area contributed by atoms with E-state index in [1.54, 1.807) is 0 Å². The van der Waals surface area contributed by atoms with Crippen LogP contribution in [0.15, 0.2) is 54.9 Å². The van der Waals surface area contributed by atoms with Crippen LogP contribution in [0.2, 0.25) is 5.15 Å². The van der Waals surface area contributed by atoms with Gasteiger partial charge in [-0.1, -0.05) is 54.1 Å². The van der Waals surface area contributed by atoms with E-state index in [0.29, 0.717) is 17.2 Å². The van der Waals surface area contributed by atoms with Crippen molar-refractivity contribution in [2.24, 2.45) is 0 Å². The summed E-state index contributed by atoms with van der Waals surface area (Å²) < 4.78 is 0. The zero-order valence-electron chi connectivity index (χ0n) is 14.2. The molecule has 1 aliphatic rings. The van der Waals surface area contributed by atoms with Crippen molar-refractivity contribution in [1.29, 1.82) is 0 Å². The third-order valence-electron chi connectivity index (χ3n) is 4.91. The number of aromatic nitrogens is 2. The average Bonchev–Trinajstić information content (AvgIpc) is 3.10. The summed E-state index contributed by atoms with van der Waals surface area (Å²) in [6, 6.07) is 17.7. The number of halogens is 1. The SMILES string of the molecule is C[C@@H](N[C@H]1CCN(c2cc(Cl)ncn2)C1)c1cccc2ccccc12. The lowest BCUT2D eigenvalue weighted by atomic mass is 9.99. The molecule has 1 aliphatic heterocycles. The summed E-state index contributed by atoms with van der Waals surface area (Å²) in [7, 11) is 0. The fourth-order valence-corrected chi connectivity index (χ4v) is 3.81. The van der Waals surface area contributed by atoms with Crippen LogP contribution in [-0.2, 0) is 0 Å². The van der Waals surface area contributed by atoms with Gasteiger partial charge in [-0.25, -0.2) is 9.97 Å². The Labute approximate surface area is 152 Å². The molecule has 3 aromatic rings. The highest BCUT2D eigenvalue weighted by Crippen LogP contribution is 2.26. The first kappa shape index (κ1) is 16.3. The second-order valence-electron chi connectivity index (χ2n) is 6.59. The standard InChI is InChI=1S/C20H21ClN4/c1-14(17-8-4-6-15-5-2-3-7-18(15)17)24-16-9-10-25(12-16)20-11-19(21)22-13-23-20/h2-8,11,13-14,16,24H,9-10,12H2,1H3/t14-,16+/m1/s1. The Balaban J connectivity index is 1.47. The molecule has 2 atom stereocenters. The Morgan fingerprint density at radius 2 is 2.00 bits per heavy atom. The van der Waals surface area contributed by atoms with E-state index in [4.69, 9.17) is 11.6 Å². The van der Waals surface area contributed by atoms with Gasteiger partial charge in [-0.15, -0.1) is 0 Å². The molecule has 0 bridgehead atoms. The number of nitrogens with one attached hydrogen (secondary N) is 1. The van der Waals surface area contributed by atoms with Gasteiger partial charge in [0.25, 0.3) is 0 Å². The summed E-state index contributed by atoms with van der Waals surface area (Å²) in [5.74, 6) is 0.905. The largest absolute Gasteiger partial charge is 0.355 e. The van der Waals surface area contributed by atoms with E-state index in [-0.39, 0.29) is 0 Å². The van der Waals surface area contributed by atoms with E-state index >= 15 is 0 Å². The minimum absolute atomic E-state index is 0.296. The molecule has 4 rings (SSSR count). The van der Waals surface area contributed by atoms with Crippen molar-refractivity contribution in [2.75, 3.05) is 18.0 Å². The maximum absolute atomic E-state index is 5.99. The molecule has 128 valence electrons. The first-order valence-corrected chi connectivity index (χ1v) is 9.05. The minimum Gasteiger partial charge on any atom is -0.355 e. The van der Waals surface area contributed by atoms with Crippen LogP contribution < -0.4 is 10.2 Å². The molecule has 2 heterocycles. The molecule has 1 aromatic heterocycles. The van der Waals surface area contributed by atoms with Gasteiger partial charge >= 0.3 is 0 Å². The molecule has 1 N–H and O–H groups in total. The van der Waals surface area contributed by atoms with Crippen molar-refractivity contribution in [3.05, 3.63) is 65.6 Å². The first-order valence-electron chi connectivity index (χ1n) is 8.67. The molecule has 0 spiro atoms. The van der Waals surface area contributed by atoms with E-state index in [9.17, 15) is 0 Å². The Morgan fingerprint density at radius 3 is 2.88 bits per heavy atom. The lowest BCUT2D eigenvalue weighted by molar-refractivity contribution is 0.483. The van der Waals surface area contributed by atoms with E-state index in [0.717, 1.165) is 25.3 Å². The Hall–Kier alpha value is -2.17. The van der Waals surface area contributed by atoms with Gasteiger partial charge in [-0.2, -0.15) is 0 Å². The Morgan fingerprint density at radius 1 is 1.16 bits per heavy atom. The summed E-state index contributed by atoms with van der Waals surface area (Å²) >= 11 is 5.99. The van der Waals surface area contributed by atoms with Crippen LogP contribution in [0.25, 0.3) is 10.8 Å². The van der Waals surface area contributed by atoms with Gasteiger partial charge in [0.1, 0.15) is 17.3 Å². The monoisotopic (exact) mass is 352 g/mol. The van der Waals surface area contributed by atoms with Gasteiger partial charge in [0.2, 0.25) is 0 Å². The summed E-state index contributed by atoms with van der Waals surface area (Å²) in [4.78, 5) is 10.6. The van der Waals surface area contributed by atoms with Crippen molar-refractivity contribution >= 4 is 28.2 Å². The molecule has 2 aromatic carbocycles. The zero-order chi connectivity index (χ0) is 17.2. The molecule has 0 amide bonds. The van der Waals surface area contributed by atoms with E-state index in [1.165, 1.54) is 22.7 Å². The van der Waals surface area contributed by atoms with Crippen LogP contribution in [0.5, 0.6) is 0 Å². The van der Waals surface area contributed by atoms with Gasteiger partial charge in [0.15, 0.2) is 0 Å². The first-order chi connectivity index (χ1) is 12.2. The van der Waals surface area contributed by atoms with Gasteiger partial charge in [0, 0.05) is 31.2 Å². The lowest BCUT2D eigenvalue weighted by Crippen LogP contribution is -2.34. The minimum atomic E-state index is 0.296. The van der Waals surface area contributed by atoms with Crippen molar-refractivity contribution in [2.45, 2.75) is 25.4 Å². The topological polar surface area (TPSA) is 41.0 Å². The number of nitrogens with zero attached hydrogens (tertiary/aromatic N) is 3. The molecule has 0 radical (unpaired) electrons. The zero-order valence-corrected chi connectivity index (χ0v) is 14.9. The molecule has 1 fully saturated rings. The van der Waals surface area contributed by atoms with Crippen molar-refractivity contribution in [3.63, 3.8) is 0 Å². The number of hydrogen-bond donors (Lipinski definition) is 1.